The molecular formula is C14H16ClFN2OS. The normalized spacial score (nSPS) is 12.6. The highest BCUT2D eigenvalue weighted by Gasteiger charge is 2.17. The van der Waals surface area contributed by atoms with Crippen LogP contribution in [0.2, 0.25) is 5.02 Å². The Bertz CT molecular complexity index is 642. The van der Waals surface area contributed by atoms with E-state index in [2.05, 4.69) is 5.10 Å². The Morgan fingerprint density at radius 1 is 1.40 bits per heavy atom. The molecule has 1 aromatic heterocycles. The number of nitrogens with zero attached hydrogens (tertiary/aromatic N) is 2. The van der Waals surface area contributed by atoms with Crippen LogP contribution in [0.4, 0.5) is 4.39 Å². The molecule has 6 heteroatoms. The van der Waals surface area contributed by atoms with Gasteiger partial charge in [0.05, 0.1) is 33.0 Å². The van der Waals surface area contributed by atoms with E-state index in [-0.39, 0.29) is 11.6 Å². The van der Waals surface area contributed by atoms with Crippen molar-refractivity contribution in [3.05, 3.63) is 46.5 Å². The smallest absolute Gasteiger partial charge is 0.124 e. The van der Waals surface area contributed by atoms with Crippen molar-refractivity contribution in [2.24, 2.45) is 0 Å². The molecule has 3 nitrogen and oxygen atoms in total. The summed E-state index contributed by atoms with van der Waals surface area (Å²) in [5.74, 6) is -0.149. The van der Waals surface area contributed by atoms with Gasteiger partial charge in [0, 0.05) is 11.4 Å². The Hall–Kier alpha value is -1.20. The fourth-order valence-electron chi connectivity index (χ4n) is 1.97. The van der Waals surface area contributed by atoms with Crippen LogP contribution in [0.5, 0.6) is 0 Å². The summed E-state index contributed by atoms with van der Waals surface area (Å²) in [4.78, 5) is 0.461. The van der Waals surface area contributed by atoms with E-state index >= 15 is 0 Å². The molecule has 0 aliphatic heterocycles. The van der Waals surface area contributed by atoms with E-state index in [1.165, 1.54) is 12.1 Å². The second kappa shape index (κ2) is 6.50. The third-order valence-electron chi connectivity index (χ3n) is 3.02. The van der Waals surface area contributed by atoms with E-state index in [0.717, 1.165) is 17.8 Å². The molecule has 0 aliphatic carbocycles. The SMILES string of the molecule is CCc1nn(CC)c(CS(=O)c2cccc(F)c2)c1Cl. The Kier molecular flexibility index (Phi) is 4.94. The second-order valence-corrected chi connectivity index (χ2v) is 6.15. The first-order valence-corrected chi connectivity index (χ1v) is 8.14. The van der Waals surface area contributed by atoms with Crippen molar-refractivity contribution in [3.8, 4) is 0 Å². The molecule has 0 saturated carbocycles. The molecule has 0 aliphatic rings. The van der Waals surface area contributed by atoms with Crippen molar-refractivity contribution < 1.29 is 8.60 Å². The zero-order valence-electron chi connectivity index (χ0n) is 11.4. The third-order valence-corrected chi connectivity index (χ3v) is 4.77. The third kappa shape index (κ3) is 3.10. The molecule has 1 aromatic carbocycles. The molecule has 20 heavy (non-hydrogen) atoms. The van der Waals surface area contributed by atoms with Crippen LogP contribution in [0.1, 0.15) is 25.2 Å². The lowest BCUT2D eigenvalue weighted by molar-refractivity contribution is 0.619. The number of benzene rings is 1. The fourth-order valence-corrected chi connectivity index (χ4v) is 3.57. The Balaban J connectivity index is 2.30. The fraction of sp³-hybridized carbons (Fsp3) is 0.357. The molecule has 2 rings (SSSR count). The molecule has 0 spiro atoms. The molecular weight excluding hydrogens is 299 g/mol. The highest BCUT2D eigenvalue weighted by molar-refractivity contribution is 7.84. The second-order valence-electron chi connectivity index (χ2n) is 4.32. The van der Waals surface area contributed by atoms with Gasteiger partial charge in [0.15, 0.2) is 0 Å². The topological polar surface area (TPSA) is 34.9 Å². The lowest BCUT2D eigenvalue weighted by Gasteiger charge is -2.06. The van der Waals surface area contributed by atoms with Gasteiger partial charge in [-0.2, -0.15) is 5.10 Å². The molecule has 1 unspecified atom stereocenters. The summed E-state index contributed by atoms with van der Waals surface area (Å²) in [6.07, 6.45) is 0.728. The summed E-state index contributed by atoms with van der Waals surface area (Å²) in [5, 5.41) is 4.96. The Morgan fingerprint density at radius 2 is 2.15 bits per heavy atom. The largest absolute Gasteiger partial charge is 0.267 e. The first kappa shape index (κ1) is 15.2. The number of hydrogen-bond donors (Lipinski definition) is 0. The molecule has 0 N–H and O–H groups in total. The van der Waals surface area contributed by atoms with Gasteiger partial charge < -0.3 is 0 Å². The van der Waals surface area contributed by atoms with Crippen LogP contribution in [-0.4, -0.2) is 14.0 Å². The predicted octanol–water partition coefficient (Wildman–Crippen LogP) is 3.57. The van der Waals surface area contributed by atoms with E-state index in [9.17, 15) is 8.60 Å². The zero-order chi connectivity index (χ0) is 14.7. The number of aromatic nitrogens is 2. The molecule has 0 bridgehead atoms. The van der Waals surface area contributed by atoms with Crippen LogP contribution in [0.3, 0.4) is 0 Å². The monoisotopic (exact) mass is 314 g/mol. The maximum Gasteiger partial charge on any atom is 0.124 e. The van der Waals surface area contributed by atoms with Crippen molar-refractivity contribution in [2.75, 3.05) is 0 Å². The quantitative estimate of drug-likeness (QED) is 0.845. The van der Waals surface area contributed by atoms with Crippen LogP contribution in [0.15, 0.2) is 29.2 Å². The zero-order valence-corrected chi connectivity index (χ0v) is 13.0. The number of rotatable bonds is 5. The van der Waals surface area contributed by atoms with E-state index in [4.69, 9.17) is 11.6 Å². The highest BCUT2D eigenvalue weighted by atomic mass is 35.5. The molecule has 1 atom stereocenters. The Labute approximate surface area is 125 Å². The van der Waals surface area contributed by atoms with Crippen LogP contribution < -0.4 is 0 Å². The van der Waals surface area contributed by atoms with Crippen LogP contribution in [0, 0.1) is 5.82 Å². The maximum absolute atomic E-state index is 13.2. The molecule has 2 aromatic rings. The standard InChI is InChI=1S/C14H16ClFN2OS/c1-3-12-14(15)13(18(4-2)17-12)9-20(19)11-7-5-6-10(16)8-11/h5-8H,3-4,9H2,1-2H3. The van der Waals surface area contributed by atoms with Gasteiger partial charge in [-0.05, 0) is 31.5 Å². The van der Waals surface area contributed by atoms with Gasteiger partial charge in [0.25, 0.3) is 0 Å². The molecule has 108 valence electrons. The van der Waals surface area contributed by atoms with Gasteiger partial charge in [-0.25, -0.2) is 4.39 Å². The maximum atomic E-state index is 13.2. The number of halogens is 2. The summed E-state index contributed by atoms with van der Waals surface area (Å²) < 4.78 is 27.3. The summed E-state index contributed by atoms with van der Waals surface area (Å²) in [7, 11) is -1.34. The van der Waals surface area contributed by atoms with Gasteiger partial charge >= 0.3 is 0 Å². The summed E-state index contributed by atoms with van der Waals surface area (Å²) in [6.45, 7) is 4.59. The Morgan fingerprint density at radius 3 is 2.75 bits per heavy atom. The minimum Gasteiger partial charge on any atom is -0.267 e. The first-order valence-electron chi connectivity index (χ1n) is 6.44. The molecule has 0 radical (unpaired) electrons. The van der Waals surface area contributed by atoms with Gasteiger partial charge in [-0.3, -0.25) is 8.89 Å². The van der Waals surface area contributed by atoms with E-state index < -0.39 is 10.8 Å². The van der Waals surface area contributed by atoms with E-state index in [0.29, 0.717) is 16.5 Å². The van der Waals surface area contributed by atoms with E-state index in [1.807, 2.05) is 13.8 Å². The van der Waals surface area contributed by atoms with Crippen molar-refractivity contribution in [1.82, 2.24) is 9.78 Å². The van der Waals surface area contributed by atoms with E-state index in [1.54, 1.807) is 16.8 Å². The number of hydrogen-bond acceptors (Lipinski definition) is 2. The van der Waals surface area contributed by atoms with Crippen LogP contribution in [-0.2, 0) is 29.5 Å². The highest BCUT2D eigenvalue weighted by Crippen LogP contribution is 2.24. The lowest BCUT2D eigenvalue weighted by Crippen LogP contribution is -2.06. The van der Waals surface area contributed by atoms with Crippen molar-refractivity contribution in [3.63, 3.8) is 0 Å². The van der Waals surface area contributed by atoms with Crippen LogP contribution in [0.25, 0.3) is 0 Å². The average molecular weight is 315 g/mol. The molecule has 0 saturated heterocycles. The summed E-state index contributed by atoms with van der Waals surface area (Å²) in [6, 6.07) is 5.83. The van der Waals surface area contributed by atoms with Crippen molar-refractivity contribution in [2.45, 2.75) is 37.5 Å². The lowest BCUT2D eigenvalue weighted by atomic mass is 10.3. The van der Waals surface area contributed by atoms with Gasteiger partial charge in [0.1, 0.15) is 5.82 Å². The summed E-state index contributed by atoms with van der Waals surface area (Å²) in [5.41, 5.74) is 1.55. The van der Waals surface area contributed by atoms with Gasteiger partial charge in [-0.15, -0.1) is 0 Å². The molecule has 0 amide bonds. The predicted molar refractivity (Wildman–Crippen MR) is 78.8 cm³/mol. The summed E-state index contributed by atoms with van der Waals surface area (Å²) >= 11 is 6.28. The minimum absolute atomic E-state index is 0.239. The molecule has 1 heterocycles. The number of aryl methyl sites for hydroxylation is 2. The average Bonchev–Trinajstić information content (AvgIpc) is 2.75. The van der Waals surface area contributed by atoms with Crippen molar-refractivity contribution in [1.29, 1.82) is 0 Å². The van der Waals surface area contributed by atoms with Gasteiger partial charge in [0.2, 0.25) is 0 Å². The minimum atomic E-state index is -1.34. The van der Waals surface area contributed by atoms with Gasteiger partial charge in [-0.1, -0.05) is 24.6 Å². The van der Waals surface area contributed by atoms with Crippen molar-refractivity contribution >= 4 is 22.4 Å². The van der Waals surface area contributed by atoms with Crippen LogP contribution >= 0.6 is 11.6 Å². The first-order chi connectivity index (χ1) is 9.56. The molecule has 0 fully saturated rings.